The average Bonchev–Trinajstić information content (AvgIpc) is 3.07. The van der Waals surface area contributed by atoms with Crippen molar-refractivity contribution in [3.63, 3.8) is 0 Å². The summed E-state index contributed by atoms with van der Waals surface area (Å²) in [4.78, 5) is 12.2. The van der Waals surface area contributed by atoms with Gasteiger partial charge >= 0.3 is 0 Å². The van der Waals surface area contributed by atoms with Crippen molar-refractivity contribution in [1.82, 2.24) is 20.3 Å². The lowest BCUT2D eigenvalue weighted by atomic mass is 10.1. The van der Waals surface area contributed by atoms with Crippen molar-refractivity contribution < 1.29 is 9.53 Å². The van der Waals surface area contributed by atoms with Gasteiger partial charge in [0.15, 0.2) is 5.69 Å². The summed E-state index contributed by atoms with van der Waals surface area (Å²) in [5.41, 5.74) is 2.34. The second-order valence-electron chi connectivity index (χ2n) is 5.82. The van der Waals surface area contributed by atoms with Gasteiger partial charge in [-0.15, -0.1) is 5.10 Å². The van der Waals surface area contributed by atoms with Crippen LogP contribution in [0.2, 0.25) is 0 Å². The molecule has 0 spiro atoms. The fourth-order valence-corrected chi connectivity index (χ4v) is 2.70. The molecule has 1 aliphatic rings. The summed E-state index contributed by atoms with van der Waals surface area (Å²) in [6.45, 7) is 6.33. The first-order valence-corrected chi connectivity index (χ1v) is 7.51. The van der Waals surface area contributed by atoms with Crippen LogP contribution in [-0.2, 0) is 6.42 Å². The molecule has 116 valence electrons. The van der Waals surface area contributed by atoms with Crippen LogP contribution < -0.4 is 10.1 Å². The molecule has 1 amide bonds. The van der Waals surface area contributed by atoms with Crippen LogP contribution in [0.5, 0.6) is 5.75 Å². The molecule has 3 rings (SSSR count). The zero-order valence-corrected chi connectivity index (χ0v) is 13.0. The molecule has 0 saturated carbocycles. The number of ether oxygens (including phenoxy) is 1. The molecule has 1 atom stereocenters. The van der Waals surface area contributed by atoms with E-state index in [2.05, 4.69) is 21.7 Å². The molecule has 6 heteroatoms. The minimum absolute atomic E-state index is 0.0261. The van der Waals surface area contributed by atoms with Crippen LogP contribution in [0, 0.1) is 6.92 Å². The van der Waals surface area contributed by atoms with Crippen molar-refractivity contribution in [2.45, 2.75) is 39.3 Å². The molecule has 0 radical (unpaired) electrons. The van der Waals surface area contributed by atoms with E-state index >= 15 is 0 Å². The smallest absolute Gasteiger partial charge is 0.273 e. The van der Waals surface area contributed by atoms with Gasteiger partial charge in [-0.25, -0.2) is 4.68 Å². The SMILES string of the molecule is Cc1c(C(=O)NC[C@H]2Cc3ccccc3O2)nnn1C(C)C. The zero-order chi connectivity index (χ0) is 15.7. The highest BCUT2D eigenvalue weighted by Gasteiger charge is 2.24. The van der Waals surface area contributed by atoms with E-state index in [4.69, 9.17) is 4.74 Å². The molecule has 6 nitrogen and oxygen atoms in total. The van der Waals surface area contributed by atoms with Crippen LogP contribution >= 0.6 is 0 Å². The number of fused-ring (bicyclic) bond motifs is 1. The molecular formula is C16H20N4O2. The number of aromatic nitrogens is 3. The van der Waals surface area contributed by atoms with Crippen molar-refractivity contribution in [2.24, 2.45) is 0 Å². The van der Waals surface area contributed by atoms with Crippen LogP contribution in [-0.4, -0.2) is 33.5 Å². The summed E-state index contributed by atoms with van der Waals surface area (Å²) in [5, 5.41) is 10.9. The lowest BCUT2D eigenvalue weighted by Gasteiger charge is -2.11. The van der Waals surface area contributed by atoms with E-state index in [0.717, 1.165) is 17.9 Å². The Bertz CT molecular complexity index is 668. The molecule has 1 N–H and O–H groups in total. The van der Waals surface area contributed by atoms with Crippen LogP contribution in [0.3, 0.4) is 0 Å². The highest BCUT2D eigenvalue weighted by molar-refractivity contribution is 5.93. The Morgan fingerprint density at radius 1 is 1.45 bits per heavy atom. The van der Waals surface area contributed by atoms with Gasteiger partial charge in [0.05, 0.1) is 12.2 Å². The Balaban J connectivity index is 1.60. The normalized spacial score (nSPS) is 16.5. The Morgan fingerprint density at radius 2 is 2.23 bits per heavy atom. The second kappa shape index (κ2) is 5.79. The zero-order valence-electron chi connectivity index (χ0n) is 13.0. The number of benzene rings is 1. The maximum Gasteiger partial charge on any atom is 0.273 e. The molecule has 0 fully saturated rings. The van der Waals surface area contributed by atoms with E-state index < -0.39 is 0 Å². The predicted octanol–water partition coefficient (Wildman–Crippen LogP) is 1.90. The Labute approximate surface area is 129 Å². The van der Waals surface area contributed by atoms with Crippen LogP contribution in [0.15, 0.2) is 24.3 Å². The van der Waals surface area contributed by atoms with Gasteiger partial charge in [0.2, 0.25) is 0 Å². The fourth-order valence-electron chi connectivity index (χ4n) is 2.70. The lowest BCUT2D eigenvalue weighted by molar-refractivity contribution is 0.0928. The Hall–Kier alpha value is -2.37. The summed E-state index contributed by atoms with van der Waals surface area (Å²) >= 11 is 0. The summed E-state index contributed by atoms with van der Waals surface area (Å²) in [6.07, 6.45) is 0.787. The van der Waals surface area contributed by atoms with E-state index in [-0.39, 0.29) is 18.1 Å². The minimum Gasteiger partial charge on any atom is -0.488 e. The van der Waals surface area contributed by atoms with Gasteiger partial charge in [-0.05, 0) is 32.4 Å². The quantitative estimate of drug-likeness (QED) is 0.936. The third kappa shape index (κ3) is 2.68. The summed E-state index contributed by atoms with van der Waals surface area (Å²) in [7, 11) is 0. The van der Waals surface area contributed by atoms with Crippen LogP contribution in [0.1, 0.15) is 41.6 Å². The number of nitrogens with one attached hydrogen (secondary N) is 1. The van der Waals surface area contributed by atoms with E-state index in [1.165, 1.54) is 5.56 Å². The minimum atomic E-state index is -0.205. The Morgan fingerprint density at radius 3 is 2.91 bits per heavy atom. The van der Waals surface area contributed by atoms with Crippen LogP contribution in [0.25, 0.3) is 0 Å². The maximum absolute atomic E-state index is 12.2. The molecule has 1 aromatic carbocycles. The Kier molecular flexibility index (Phi) is 3.83. The lowest BCUT2D eigenvalue weighted by Crippen LogP contribution is -2.35. The maximum atomic E-state index is 12.2. The first kappa shape index (κ1) is 14.6. The van der Waals surface area contributed by atoms with E-state index in [0.29, 0.717) is 12.2 Å². The van der Waals surface area contributed by atoms with Crippen LogP contribution in [0.4, 0.5) is 0 Å². The molecule has 2 aromatic rings. The molecule has 0 bridgehead atoms. The second-order valence-corrected chi connectivity index (χ2v) is 5.82. The summed E-state index contributed by atoms with van der Waals surface area (Å²) in [5.74, 6) is 0.702. The number of nitrogens with zero attached hydrogens (tertiary/aromatic N) is 3. The first-order chi connectivity index (χ1) is 10.6. The molecule has 1 aliphatic heterocycles. The van der Waals surface area contributed by atoms with Crippen molar-refractivity contribution in [2.75, 3.05) is 6.54 Å². The predicted molar refractivity (Wildman–Crippen MR) is 82.0 cm³/mol. The van der Waals surface area contributed by atoms with Crippen molar-refractivity contribution in [3.8, 4) is 5.75 Å². The number of carbonyl (C=O) groups is 1. The highest BCUT2D eigenvalue weighted by atomic mass is 16.5. The van der Waals surface area contributed by atoms with Crippen molar-refractivity contribution >= 4 is 5.91 Å². The van der Waals surface area contributed by atoms with Crippen molar-refractivity contribution in [3.05, 3.63) is 41.2 Å². The number of hydrogen-bond acceptors (Lipinski definition) is 4. The number of rotatable bonds is 4. The molecule has 0 aliphatic carbocycles. The van der Waals surface area contributed by atoms with E-state index in [1.54, 1.807) is 4.68 Å². The van der Waals surface area contributed by atoms with Gasteiger partial charge in [-0.2, -0.15) is 0 Å². The summed E-state index contributed by atoms with van der Waals surface area (Å²) in [6, 6.07) is 8.14. The number of hydrogen-bond donors (Lipinski definition) is 1. The van der Waals surface area contributed by atoms with E-state index in [9.17, 15) is 4.79 Å². The third-order valence-electron chi connectivity index (χ3n) is 3.84. The number of amides is 1. The molecule has 0 saturated heterocycles. The molecule has 22 heavy (non-hydrogen) atoms. The monoisotopic (exact) mass is 300 g/mol. The fraction of sp³-hybridized carbons (Fsp3) is 0.438. The first-order valence-electron chi connectivity index (χ1n) is 7.51. The standard InChI is InChI=1S/C16H20N4O2/c1-10(2)20-11(3)15(18-19-20)16(21)17-9-13-8-12-6-4-5-7-14(12)22-13/h4-7,10,13H,8-9H2,1-3H3,(H,17,21)/t13-/m1/s1. The van der Waals surface area contributed by atoms with Gasteiger partial charge in [0.1, 0.15) is 11.9 Å². The topological polar surface area (TPSA) is 69.0 Å². The molecule has 2 heterocycles. The molecule has 0 unspecified atom stereocenters. The van der Waals surface area contributed by atoms with Crippen molar-refractivity contribution in [1.29, 1.82) is 0 Å². The number of para-hydroxylation sites is 1. The highest BCUT2D eigenvalue weighted by Crippen LogP contribution is 2.27. The molecular weight excluding hydrogens is 280 g/mol. The van der Waals surface area contributed by atoms with Gasteiger partial charge in [-0.1, -0.05) is 23.4 Å². The summed E-state index contributed by atoms with van der Waals surface area (Å²) < 4.78 is 7.56. The third-order valence-corrected chi connectivity index (χ3v) is 3.84. The molecule has 1 aromatic heterocycles. The average molecular weight is 300 g/mol. The van der Waals surface area contributed by atoms with Gasteiger partial charge in [-0.3, -0.25) is 4.79 Å². The van der Waals surface area contributed by atoms with E-state index in [1.807, 2.05) is 39.0 Å². The van der Waals surface area contributed by atoms with Gasteiger partial charge in [0.25, 0.3) is 5.91 Å². The largest absolute Gasteiger partial charge is 0.488 e. The van der Waals surface area contributed by atoms with Gasteiger partial charge in [0, 0.05) is 12.5 Å². The number of carbonyl (C=O) groups excluding carboxylic acids is 1. The van der Waals surface area contributed by atoms with Gasteiger partial charge < -0.3 is 10.1 Å².